The molecule has 1 saturated carbocycles. The van der Waals surface area contributed by atoms with Crippen molar-refractivity contribution in [3.05, 3.63) is 12.2 Å². The van der Waals surface area contributed by atoms with E-state index in [1.165, 1.54) is 6.42 Å². The molecule has 2 aliphatic carbocycles. The number of hydrogen-bond donors (Lipinski definition) is 0. The van der Waals surface area contributed by atoms with Crippen molar-refractivity contribution in [2.45, 2.75) is 20.3 Å². The van der Waals surface area contributed by atoms with E-state index in [0.717, 1.165) is 11.8 Å². The molecule has 0 amide bonds. The first-order valence-electron chi connectivity index (χ1n) is 3.39. The molecule has 0 nitrogen and oxygen atoms in total. The molecule has 2 rings (SSSR count). The van der Waals surface area contributed by atoms with Gasteiger partial charge >= 0.3 is 0 Å². The molecule has 0 unspecified atom stereocenters. The summed E-state index contributed by atoms with van der Waals surface area (Å²) in [5, 5.41) is 0. The van der Waals surface area contributed by atoms with E-state index in [4.69, 9.17) is 0 Å². The summed E-state index contributed by atoms with van der Waals surface area (Å²) < 4.78 is 0. The zero-order valence-electron chi connectivity index (χ0n) is 5.52. The van der Waals surface area contributed by atoms with E-state index in [1.807, 2.05) is 0 Å². The first kappa shape index (κ1) is 4.60. The molecule has 0 aromatic rings. The minimum atomic E-state index is 0.675. The molecule has 8 heavy (non-hydrogen) atoms. The second-order valence-corrected chi connectivity index (χ2v) is 3.62. The van der Waals surface area contributed by atoms with Gasteiger partial charge in [0, 0.05) is 0 Å². The summed E-state index contributed by atoms with van der Waals surface area (Å²) in [5.41, 5.74) is 0.675. The number of fused-ring (bicyclic) bond motifs is 1. The van der Waals surface area contributed by atoms with Gasteiger partial charge in [-0.15, -0.1) is 0 Å². The highest BCUT2D eigenvalue weighted by atomic mass is 14.6. The molecular formula is C8H12. The van der Waals surface area contributed by atoms with Crippen molar-refractivity contribution in [3.8, 4) is 0 Å². The van der Waals surface area contributed by atoms with E-state index >= 15 is 0 Å². The van der Waals surface area contributed by atoms with Crippen molar-refractivity contribution in [3.63, 3.8) is 0 Å². The quantitative estimate of drug-likeness (QED) is 0.417. The Morgan fingerprint density at radius 1 is 1.50 bits per heavy atom. The van der Waals surface area contributed by atoms with Crippen LogP contribution in [0.15, 0.2) is 12.2 Å². The van der Waals surface area contributed by atoms with Crippen molar-refractivity contribution < 1.29 is 0 Å². The Bertz CT molecular complexity index is 142. The Hall–Kier alpha value is -0.260. The van der Waals surface area contributed by atoms with Crippen LogP contribution < -0.4 is 0 Å². The van der Waals surface area contributed by atoms with Gasteiger partial charge in [0.2, 0.25) is 0 Å². The molecule has 0 aromatic heterocycles. The second kappa shape index (κ2) is 1.02. The van der Waals surface area contributed by atoms with Gasteiger partial charge in [0.15, 0.2) is 0 Å². The van der Waals surface area contributed by atoms with E-state index in [-0.39, 0.29) is 0 Å². The average molecular weight is 108 g/mol. The van der Waals surface area contributed by atoms with Gasteiger partial charge in [0.05, 0.1) is 0 Å². The second-order valence-electron chi connectivity index (χ2n) is 3.62. The minimum absolute atomic E-state index is 0.675. The molecule has 0 spiro atoms. The van der Waals surface area contributed by atoms with Gasteiger partial charge in [-0.05, 0) is 23.7 Å². The van der Waals surface area contributed by atoms with Crippen LogP contribution in [0.25, 0.3) is 0 Å². The Kier molecular flexibility index (Phi) is 0.588. The smallest absolute Gasteiger partial charge is 0.0143 e. The van der Waals surface area contributed by atoms with Gasteiger partial charge < -0.3 is 0 Å². The molecule has 0 aromatic carbocycles. The Morgan fingerprint density at radius 3 is 2.50 bits per heavy atom. The van der Waals surface area contributed by atoms with Crippen LogP contribution in [-0.4, -0.2) is 0 Å². The molecule has 0 heterocycles. The molecule has 0 aliphatic heterocycles. The molecule has 0 saturated heterocycles. The SMILES string of the molecule is CC1(C)[C@@H]2CC=C[C@@H]21. The number of hydrogen-bond acceptors (Lipinski definition) is 0. The fourth-order valence-electron chi connectivity index (χ4n) is 1.99. The van der Waals surface area contributed by atoms with Gasteiger partial charge in [-0.2, -0.15) is 0 Å². The lowest BCUT2D eigenvalue weighted by Crippen LogP contribution is -1.90. The van der Waals surface area contributed by atoms with Crippen LogP contribution in [0.2, 0.25) is 0 Å². The molecule has 0 heteroatoms. The lowest BCUT2D eigenvalue weighted by Gasteiger charge is -2.00. The third-order valence-corrected chi connectivity index (χ3v) is 2.87. The maximum Gasteiger partial charge on any atom is -0.0143 e. The minimum Gasteiger partial charge on any atom is -0.0879 e. The summed E-state index contributed by atoms with van der Waals surface area (Å²) in [7, 11) is 0. The number of rotatable bonds is 0. The molecule has 0 N–H and O–H groups in total. The van der Waals surface area contributed by atoms with Crippen LogP contribution in [0.3, 0.4) is 0 Å². The van der Waals surface area contributed by atoms with E-state index in [0.29, 0.717) is 5.41 Å². The predicted molar refractivity (Wildman–Crippen MR) is 34.5 cm³/mol. The van der Waals surface area contributed by atoms with E-state index in [2.05, 4.69) is 26.0 Å². The maximum atomic E-state index is 2.38. The van der Waals surface area contributed by atoms with E-state index < -0.39 is 0 Å². The predicted octanol–water partition coefficient (Wildman–Crippen LogP) is 2.22. The van der Waals surface area contributed by atoms with Crippen LogP contribution >= 0.6 is 0 Å². The fourth-order valence-corrected chi connectivity index (χ4v) is 1.99. The van der Waals surface area contributed by atoms with Crippen LogP contribution in [-0.2, 0) is 0 Å². The summed E-state index contributed by atoms with van der Waals surface area (Å²) >= 11 is 0. The lowest BCUT2D eigenvalue weighted by molar-refractivity contribution is 0.545. The zero-order chi connectivity index (χ0) is 5.78. The van der Waals surface area contributed by atoms with Crippen LogP contribution in [0.4, 0.5) is 0 Å². The van der Waals surface area contributed by atoms with E-state index in [9.17, 15) is 0 Å². The summed E-state index contributed by atoms with van der Waals surface area (Å²) in [6.45, 7) is 4.73. The van der Waals surface area contributed by atoms with Crippen LogP contribution in [0.5, 0.6) is 0 Å². The van der Waals surface area contributed by atoms with E-state index in [1.54, 1.807) is 0 Å². The Labute approximate surface area is 50.6 Å². The average Bonchev–Trinajstić information content (AvgIpc) is 2.22. The molecule has 0 bridgehead atoms. The Morgan fingerprint density at radius 2 is 2.25 bits per heavy atom. The van der Waals surface area contributed by atoms with Crippen molar-refractivity contribution >= 4 is 0 Å². The van der Waals surface area contributed by atoms with Gasteiger partial charge in [-0.25, -0.2) is 0 Å². The fraction of sp³-hybridized carbons (Fsp3) is 0.750. The van der Waals surface area contributed by atoms with Gasteiger partial charge in [0.1, 0.15) is 0 Å². The highest BCUT2D eigenvalue weighted by molar-refractivity contribution is 5.21. The summed E-state index contributed by atoms with van der Waals surface area (Å²) in [5.74, 6) is 1.96. The number of allylic oxidation sites excluding steroid dienone is 2. The van der Waals surface area contributed by atoms with Crippen molar-refractivity contribution in [1.29, 1.82) is 0 Å². The summed E-state index contributed by atoms with van der Waals surface area (Å²) in [6, 6.07) is 0. The van der Waals surface area contributed by atoms with Gasteiger partial charge in [-0.1, -0.05) is 26.0 Å². The van der Waals surface area contributed by atoms with Gasteiger partial charge in [-0.3, -0.25) is 0 Å². The van der Waals surface area contributed by atoms with Crippen molar-refractivity contribution in [1.82, 2.24) is 0 Å². The zero-order valence-corrected chi connectivity index (χ0v) is 5.52. The van der Waals surface area contributed by atoms with Crippen molar-refractivity contribution in [2.24, 2.45) is 17.3 Å². The first-order chi connectivity index (χ1) is 3.73. The third kappa shape index (κ3) is 0.331. The molecule has 0 radical (unpaired) electrons. The maximum absolute atomic E-state index is 2.38. The highest BCUT2D eigenvalue weighted by Crippen LogP contribution is 2.63. The topological polar surface area (TPSA) is 0 Å². The molecule has 2 aliphatic rings. The van der Waals surface area contributed by atoms with Crippen LogP contribution in [0.1, 0.15) is 20.3 Å². The highest BCUT2D eigenvalue weighted by Gasteiger charge is 2.56. The molecule has 1 fully saturated rings. The van der Waals surface area contributed by atoms with Gasteiger partial charge in [0.25, 0.3) is 0 Å². The Balaban J connectivity index is 2.24. The normalized spacial score (nSPS) is 46.8. The first-order valence-corrected chi connectivity index (χ1v) is 3.39. The monoisotopic (exact) mass is 108 g/mol. The lowest BCUT2D eigenvalue weighted by atomic mass is 10.1. The summed E-state index contributed by atoms with van der Waals surface area (Å²) in [4.78, 5) is 0. The van der Waals surface area contributed by atoms with Crippen molar-refractivity contribution in [2.75, 3.05) is 0 Å². The largest absolute Gasteiger partial charge is 0.0879 e. The molecule has 44 valence electrons. The molecule has 2 atom stereocenters. The summed E-state index contributed by atoms with van der Waals surface area (Å²) in [6.07, 6.45) is 6.04. The molecular weight excluding hydrogens is 96.1 g/mol. The van der Waals surface area contributed by atoms with Crippen LogP contribution in [0, 0.1) is 17.3 Å². The standard InChI is InChI=1S/C8H12/c1-8(2)6-4-3-5-7(6)8/h3-4,6-7H,5H2,1-2H3/t6-,7+/m0/s1. The third-order valence-electron chi connectivity index (χ3n) is 2.87.